The van der Waals surface area contributed by atoms with Gasteiger partial charge in [-0.15, -0.1) is 0 Å². The van der Waals surface area contributed by atoms with E-state index in [1.807, 2.05) is 0 Å². The molecule has 0 radical (unpaired) electrons. The summed E-state index contributed by atoms with van der Waals surface area (Å²) in [4.78, 5) is 25.6. The highest BCUT2D eigenvalue weighted by molar-refractivity contribution is 5.88. The predicted molar refractivity (Wildman–Crippen MR) is 196 cm³/mol. The zero-order valence-electron chi connectivity index (χ0n) is 32.1. The summed E-state index contributed by atoms with van der Waals surface area (Å²) in [6.07, 6.45) is -16.3. The molecule has 0 aliphatic carbocycles. The van der Waals surface area contributed by atoms with Crippen LogP contribution in [-0.4, -0.2) is 194 Å². The van der Waals surface area contributed by atoms with Crippen LogP contribution in [0.25, 0.3) is 12.2 Å². The van der Waals surface area contributed by atoms with E-state index in [9.17, 15) is 65.8 Å². The number of aliphatic hydroxyl groups excluding tert-OH is 9. The van der Waals surface area contributed by atoms with Gasteiger partial charge in [-0.1, -0.05) is 12.1 Å². The van der Waals surface area contributed by atoms with Crippen molar-refractivity contribution in [3.8, 4) is 23.0 Å². The maximum absolute atomic E-state index is 13.0. The van der Waals surface area contributed by atoms with E-state index in [2.05, 4.69) is 0 Å². The molecule has 60 heavy (non-hydrogen) atoms. The van der Waals surface area contributed by atoms with E-state index in [0.29, 0.717) is 11.1 Å². The molecule has 3 fully saturated rings. The average Bonchev–Trinajstić information content (AvgIpc) is 3.65. The molecule has 0 amide bonds. The highest BCUT2D eigenvalue weighted by atomic mass is 16.8. The normalized spacial score (nSPS) is 34.3. The van der Waals surface area contributed by atoms with E-state index in [1.54, 1.807) is 0 Å². The Morgan fingerprint density at radius 3 is 1.78 bits per heavy atom. The van der Waals surface area contributed by atoms with Gasteiger partial charge in [0.05, 0.1) is 27.4 Å². The topological polar surface area (TPSA) is 340 Å². The Labute approximate surface area is 341 Å². The summed E-state index contributed by atoms with van der Waals surface area (Å²) in [5.74, 6) is -7.42. The van der Waals surface area contributed by atoms with Gasteiger partial charge in [0.2, 0.25) is 11.6 Å². The van der Waals surface area contributed by atoms with E-state index >= 15 is 0 Å². The Hall–Kier alpha value is -4.50. The van der Waals surface area contributed by atoms with Crippen molar-refractivity contribution in [2.24, 2.45) is 0 Å². The zero-order chi connectivity index (χ0) is 43.9. The minimum Gasteiger partial charge on any atom is -0.504 e. The first kappa shape index (κ1) is 46.6. The van der Waals surface area contributed by atoms with Crippen LogP contribution in [0.1, 0.15) is 11.1 Å². The summed E-state index contributed by atoms with van der Waals surface area (Å²) in [7, 11) is 2.65. The lowest BCUT2D eigenvalue weighted by Crippen LogP contribution is -2.63. The van der Waals surface area contributed by atoms with Gasteiger partial charge >= 0.3 is 11.9 Å². The summed E-state index contributed by atoms with van der Waals surface area (Å²) in [5, 5.41) is 115. The van der Waals surface area contributed by atoms with Crippen molar-refractivity contribution in [2.75, 3.05) is 47.3 Å². The van der Waals surface area contributed by atoms with Gasteiger partial charge in [-0.2, -0.15) is 0 Å². The van der Waals surface area contributed by atoms with Gasteiger partial charge in [-0.05, 0) is 47.5 Å². The van der Waals surface area contributed by atoms with Crippen LogP contribution in [0.2, 0.25) is 0 Å². The second kappa shape index (κ2) is 19.9. The summed E-state index contributed by atoms with van der Waals surface area (Å²) in [6, 6.07) is 8.38. The molecule has 13 unspecified atom stereocenters. The quantitative estimate of drug-likeness (QED) is 0.0540. The molecule has 0 bridgehead atoms. The Morgan fingerprint density at radius 1 is 0.700 bits per heavy atom. The minimum absolute atomic E-state index is 0.0953. The molecule has 13 atom stereocenters. The second-order valence-corrected chi connectivity index (χ2v) is 13.8. The van der Waals surface area contributed by atoms with Gasteiger partial charge in [0.1, 0.15) is 74.8 Å². The number of aliphatic hydroxyl groups is 9. The number of esters is 2. The first-order chi connectivity index (χ1) is 28.5. The van der Waals surface area contributed by atoms with Gasteiger partial charge in [0, 0.05) is 12.2 Å². The summed E-state index contributed by atoms with van der Waals surface area (Å²) >= 11 is 0. The van der Waals surface area contributed by atoms with Crippen molar-refractivity contribution in [2.45, 2.75) is 78.9 Å². The lowest BCUT2D eigenvalue weighted by Gasteiger charge is -2.44. The van der Waals surface area contributed by atoms with Gasteiger partial charge < -0.3 is 98.8 Å². The van der Waals surface area contributed by atoms with Crippen LogP contribution in [0.5, 0.6) is 23.0 Å². The fraction of sp³-hybridized carbons (Fsp3) is 0.526. The molecule has 5 rings (SSSR count). The standard InChI is InChI=1S/C38H48O22/c1-52-22-11-18(3-7-20(22)42)5-9-27(44)54-15-26-29(46)32(49)33(50)36(56-26)60-38(34(51)30(47)24(13-39)59-38)17-55-37(16-41)35(31(48)25(14-40)58-37)57-28(45)10-6-19-4-8-21(43)23(12-19)53-2/h3-12,24-26,29-36,39-43,46-51H,13-17H2,1-2H3. The highest BCUT2D eigenvalue weighted by Gasteiger charge is 2.63. The van der Waals surface area contributed by atoms with Crippen molar-refractivity contribution in [1.82, 2.24) is 0 Å². The number of aromatic hydroxyl groups is 2. The number of hydrogen-bond donors (Lipinski definition) is 11. The summed E-state index contributed by atoms with van der Waals surface area (Å²) in [6.45, 7) is -4.90. The Kier molecular flexibility index (Phi) is 15.5. The number of phenolic OH excluding ortho intramolecular Hbond substituents is 2. The molecule has 3 saturated heterocycles. The smallest absolute Gasteiger partial charge is 0.331 e. The van der Waals surface area contributed by atoms with Crippen LogP contribution in [0, 0.1) is 0 Å². The van der Waals surface area contributed by atoms with Gasteiger partial charge in [-0.3, -0.25) is 0 Å². The molecule has 3 aliphatic heterocycles. The minimum atomic E-state index is -2.71. The van der Waals surface area contributed by atoms with Crippen LogP contribution in [0.3, 0.4) is 0 Å². The van der Waals surface area contributed by atoms with Crippen molar-refractivity contribution in [1.29, 1.82) is 0 Å². The number of ether oxygens (including phenoxy) is 9. The number of methoxy groups -OCH3 is 2. The van der Waals surface area contributed by atoms with E-state index in [4.69, 9.17) is 42.6 Å². The van der Waals surface area contributed by atoms with E-state index in [1.165, 1.54) is 62.8 Å². The Balaban J connectivity index is 1.34. The SMILES string of the molecule is COc1cc(C=CC(=O)OCC2OC(OC3(COC4(CO)OC(CO)C(O)C4OC(=O)C=Cc4ccc(O)c(OC)c4)OC(CO)C(O)C3O)C(O)C(O)C2O)ccc1O. The van der Waals surface area contributed by atoms with Crippen LogP contribution in [-0.2, 0) is 42.7 Å². The first-order valence-electron chi connectivity index (χ1n) is 18.3. The number of carbonyl (C=O) groups is 2. The zero-order valence-corrected chi connectivity index (χ0v) is 32.1. The number of hydrogen-bond acceptors (Lipinski definition) is 22. The number of carbonyl (C=O) groups excluding carboxylic acids is 2. The highest BCUT2D eigenvalue weighted by Crippen LogP contribution is 2.41. The number of phenols is 2. The van der Waals surface area contributed by atoms with Gasteiger partial charge in [0.15, 0.2) is 35.4 Å². The fourth-order valence-corrected chi connectivity index (χ4v) is 6.57. The molecule has 3 aliphatic rings. The van der Waals surface area contributed by atoms with E-state index < -0.39 is 124 Å². The van der Waals surface area contributed by atoms with Crippen LogP contribution >= 0.6 is 0 Å². The molecule has 22 nitrogen and oxygen atoms in total. The van der Waals surface area contributed by atoms with Crippen LogP contribution in [0.4, 0.5) is 0 Å². The predicted octanol–water partition coefficient (Wildman–Crippen LogP) is -3.61. The first-order valence-corrected chi connectivity index (χ1v) is 18.3. The molecular formula is C38H48O22. The maximum Gasteiger partial charge on any atom is 0.331 e. The van der Waals surface area contributed by atoms with Gasteiger partial charge in [-0.25, -0.2) is 9.59 Å². The molecule has 0 spiro atoms. The van der Waals surface area contributed by atoms with Crippen molar-refractivity contribution >= 4 is 24.1 Å². The largest absolute Gasteiger partial charge is 0.504 e. The molecule has 332 valence electrons. The third-order valence-electron chi connectivity index (χ3n) is 9.93. The molecule has 11 N–H and O–H groups in total. The summed E-state index contributed by atoms with van der Waals surface area (Å²) < 4.78 is 49.3. The van der Waals surface area contributed by atoms with E-state index in [-0.39, 0.29) is 23.0 Å². The lowest BCUT2D eigenvalue weighted by atomic mass is 9.98. The number of rotatable bonds is 17. The molecule has 0 aromatic heterocycles. The Morgan fingerprint density at radius 2 is 1.25 bits per heavy atom. The average molecular weight is 857 g/mol. The summed E-state index contributed by atoms with van der Waals surface area (Å²) in [5.41, 5.74) is 0.814. The molecule has 22 heteroatoms. The molecule has 2 aromatic carbocycles. The molecule has 0 saturated carbocycles. The molecule has 2 aromatic rings. The lowest BCUT2D eigenvalue weighted by molar-refractivity contribution is -0.399. The van der Waals surface area contributed by atoms with E-state index in [0.717, 1.165) is 12.2 Å². The second-order valence-electron chi connectivity index (χ2n) is 13.8. The van der Waals surface area contributed by atoms with Crippen LogP contribution in [0.15, 0.2) is 48.6 Å². The van der Waals surface area contributed by atoms with Crippen molar-refractivity contribution < 1.29 is 108 Å². The molecular weight excluding hydrogens is 808 g/mol. The van der Waals surface area contributed by atoms with Crippen molar-refractivity contribution in [3.05, 3.63) is 59.7 Å². The fourth-order valence-electron chi connectivity index (χ4n) is 6.57. The van der Waals surface area contributed by atoms with Gasteiger partial charge in [0.25, 0.3) is 0 Å². The van der Waals surface area contributed by atoms with Crippen molar-refractivity contribution in [3.63, 3.8) is 0 Å². The third kappa shape index (κ3) is 9.99. The number of benzene rings is 2. The van der Waals surface area contributed by atoms with Crippen LogP contribution < -0.4 is 9.47 Å². The third-order valence-corrected chi connectivity index (χ3v) is 9.93. The Bertz CT molecular complexity index is 1840. The monoisotopic (exact) mass is 856 g/mol. The molecule has 3 heterocycles. The maximum atomic E-state index is 13.0.